The first-order valence-corrected chi connectivity index (χ1v) is 13.6. The average molecular weight is 545 g/mol. The Balaban J connectivity index is 2.44. The van der Waals surface area contributed by atoms with Crippen LogP contribution in [0.4, 0.5) is 5.69 Å². The van der Waals surface area contributed by atoms with Crippen LogP contribution in [0.5, 0.6) is 5.75 Å². The number of sulfonamides is 1. The van der Waals surface area contributed by atoms with Crippen molar-refractivity contribution < 1.29 is 22.7 Å². The van der Waals surface area contributed by atoms with Crippen molar-refractivity contribution in [2.75, 3.05) is 24.2 Å². The maximum absolute atomic E-state index is 13.6. The van der Waals surface area contributed by atoms with Gasteiger partial charge in [-0.25, -0.2) is 8.42 Å². The molecule has 0 aliphatic heterocycles. The van der Waals surface area contributed by atoms with E-state index in [9.17, 15) is 18.0 Å². The Bertz CT molecular complexity index is 1160. The molecule has 0 bridgehead atoms. The summed E-state index contributed by atoms with van der Waals surface area (Å²) in [5.41, 5.74) is 0.792. The summed E-state index contributed by atoms with van der Waals surface area (Å²) < 4.78 is 31.4. The maximum atomic E-state index is 13.6. The van der Waals surface area contributed by atoms with Crippen LogP contribution in [0.2, 0.25) is 10.0 Å². The number of nitrogens with zero attached hydrogens (tertiary/aromatic N) is 2. The number of benzene rings is 2. The molecule has 0 aliphatic carbocycles. The predicted octanol–water partition coefficient (Wildman–Crippen LogP) is 4.10. The van der Waals surface area contributed by atoms with Crippen molar-refractivity contribution in [2.24, 2.45) is 0 Å². The van der Waals surface area contributed by atoms with Gasteiger partial charge in [-0.15, -0.1) is 0 Å². The molecule has 35 heavy (non-hydrogen) atoms. The van der Waals surface area contributed by atoms with Gasteiger partial charge in [0.15, 0.2) is 0 Å². The first-order chi connectivity index (χ1) is 16.4. The van der Waals surface area contributed by atoms with Gasteiger partial charge in [-0.3, -0.25) is 13.9 Å². The smallest absolute Gasteiger partial charge is 0.244 e. The molecule has 0 heterocycles. The van der Waals surface area contributed by atoms with Gasteiger partial charge in [-0.1, -0.05) is 42.3 Å². The summed E-state index contributed by atoms with van der Waals surface area (Å²) in [4.78, 5) is 27.8. The lowest BCUT2D eigenvalue weighted by Crippen LogP contribution is -2.52. The highest BCUT2D eigenvalue weighted by Gasteiger charge is 2.31. The Labute approximate surface area is 217 Å². The standard InChI is InChI=1S/C24H31Cl2N3O5S/c1-6-16(2)27-24(31)17(3)28(14-18-8-7-9-20(12-18)34-4)23(30)15-29(35(5,32)33)22-13-19(25)10-11-21(22)26/h7-13,16-17H,6,14-15H2,1-5H3,(H,27,31)/t16-,17-/m1/s1. The highest BCUT2D eigenvalue weighted by Crippen LogP contribution is 2.31. The molecule has 0 saturated carbocycles. The molecule has 8 nitrogen and oxygen atoms in total. The summed E-state index contributed by atoms with van der Waals surface area (Å²) in [7, 11) is -2.39. The molecular formula is C24H31Cl2N3O5S. The Hall–Kier alpha value is -2.49. The summed E-state index contributed by atoms with van der Waals surface area (Å²) in [6, 6.07) is 10.5. The van der Waals surface area contributed by atoms with Gasteiger partial charge in [-0.2, -0.15) is 0 Å². The third kappa shape index (κ3) is 8.02. The molecule has 2 aromatic rings. The minimum Gasteiger partial charge on any atom is -0.497 e. The molecule has 0 unspecified atom stereocenters. The Morgan fingerprint density at radius 1 is 1.11 bits per heavy atom. The van der Waals surface area contributed by atoms with E-state index in [1.54, 1.807) is 31.2 Å². The minimum atomic E-state index is -3.92. The number of carbonyl (C=O) groups excluding carboxylic acids is 2. The van der Waals surface area contributed by atoms with Crippen molar-refractivity contribution in [1.29, 1.82) is 0 Å². The van der Waals surface area contributed by atoms with Crippen LogP contribution in [0, 0.1) is 0 Å². The fraction of sp³-hybridized carbons (Fsp3) is 0.417. The third-order valence-electron chi connectivity index (χ3n) is 5.51. The van der Waals surface area contributed by atoms with Crippen LogP contribution in [0.25, 0.3) is 0 Å². The molecule has 0 aromatic heterocycles. The molecule has 2 aromatic carbocycles. The number of methoxy groups -OCH3 is 1. The van der Waals surface area contributed by atoms with Gasteiger partial charge in [-0.05, 0) is 56.2 Å². The van der Waals surface area contributed by atoms with E-state index in [1.165, 1.54) is 30.2 Å². The predicted molar refractivity (Wildman–Crippen MR) is 140 cm³/mol. The highest BCUT2D eigenvalue weighted by atomic mass is 35.5. The molecule has 2 amide bonds. The van der Waals surface area contributed by atoms with E-state index in [-0.39, 0.29) is 34.2 Å². The average Bonchev–Trinajstić information content (AvgIpc) is 2.81. The molecule has 11 heteroatoms. The molecule has 2 atom stereocenters. The summed E-state index contributed by atoms with van der Waals surface area (Å²) in [5.74, 6) is -0.335. The van der Waals surface area contributed by atoms with Crippen LogP contribution in [-0.2, 0) is 26.2 Å². The fourth-order valence-corrected chi connectivity index (χ4v) is 4.58. The van der Waals surface area contributed by atoms with Gasteiger partial charge in [0.05, 0.1) is 24.1 Å². The van der Waals surface area contributed by atoms with Crippen molar-refractivity contribution in [3.05, 3.63) is 58.1 Å². The summed E-state index contributed by atoms with van der Waals surface area (Å²) >= 11 is 12.3. The number of hydrogen-bond donors (Lipinski definition) is 1. The SMILES string of the molecule is CC[C@@H](C)NC(=O)[C@@H](C)N(Cc1cccc(OC)c1)C(=O)CN(c1cc(Cl)ccc1Cl)S(C)(=O)=O. The van der Waals surface area contributed by atoms with E-state index in [1.807, 2.05) is 13.8 Å². The minimum absolute atomic E-state index is 0.0615. The third-order valence-corrected chi connectivity index (χ3v) is 7.19. The van der Waals surface area contributed by atoms with E-state index >= 15 is 0 Å². The van der Waals surface area contributed by atoms with Gasteiger partial charge in [0.2, 0.25) is 21.8 Å². The zero-order valence-corrected chi connectivity index (χ0v) is 22.7. The molecule has 2 rings (SSSR count). The van der Waals surface area contributed by atoms with Crippen molar-refractivity contribution in [1.82, 2.24) is 10.2 Å². The highest BCUT2D eigenvalue weighted by molar-refractivity contribution is 7.92. The Morgan fingerprint density at radius 2 is 1.80 bits per heavy atom. The van der Waals surface area contributed by atoms with E-state index in [4.69, 9.17) is 27.9 Å². The number of amides is 2. The summed E-state index contributed by atoms with van der Waals surface area (Å²) in [6.45, 7) is 4.90. The molecule has 1 N–H and O–H groups in total. The molecule has 0 saturated heterocycles. The van der Waals surface area contributed by atoms with E-state index in [2.05, 4.69) is 5.32 Å². The monoisotopic (exact) mass is 543 g/mol. The second-order valence-corrected chi connectivity index (χ2v) is 11.0. The van der Waals surface area contributed by atoms with Gasteiger partial charge in [0.25, 0.3) is 0 Å². The van der Waals surface area contributed by atoms with Crippen LogP contribution in [0.1, 0.15) is 32.8 Å². The van der Waals surface area contributed by atoms with E-state index < -0.39 is 28.5 Å². The van der Waals surface area contributed by atoms with Crippen molar-refractivity contribution in [3.63, 3.8) is 0 Å². The van der Waals surface area contributed by atoms with Crippen molar-refractivity contribution in [3.8, 4) is 5.75 Å². The zero-order valence-electron chi connectivity index (χ0n) is 20.4. The second kappa shape index (κ2) is 12.5. The van der Waals surface area contributed by atoms with Crippen LogP contribution >= 0.6 is 23.2 Å². The van der Waals surface area contributed by atoms with Crippen LogP contribution in [-0.4, -0.2) is 57.1 Å². The lowest BCUT2D eigenvalue weighted by Gasteiger charge is -2.32. The number of nitrogens with one attached hydrogen (secondary N) is 1. The molecule has 0 fully saturated rings. The van der Waals surface area contributed by atoms with Gasteiger partial charge >= 0.3 is 0 Å². The molecule has 0 radical (unpaired) electrons. The van der Waals surface area contributed by atoms with Crippen molar-refractivity contribution >= 4 is 50.7 Å². The maximum Gasteiger partial charge on any atom is 0.244 e. The van der Waals surface area contributed by atoms with Gasteiger partial charge in [0, 0.05) is 17.6 Å². The number of halogens is 2. The lowest BCUT2D eigenvalue weighted by atomic mass is 10.1. The largest absolute Gasteiger partial charge is 0.497 e. The Kier molecular flexibility index (Phi) is 10.2. The van der Waals surface area contributed by atoms with Crippen LogP contribution in [0.15, 0.2) is 42.5 Å². The fourth-order valence-electron chi connectivity index (χ4n) is 3.29. The van der Waals surface area contributed by atoms with Crippen LogP contribution < -0.4 is 14.4 Å². The number of ether oxygens (including phenoxy) is 1. The Morgan fingerprint density at radius 3 is 2.40 bits per heavy atom. The number of hydrogen-bond acceptors (Lipinski definition) is 5. The summed E-state index contributed by atoms with van der Waals surface area (Å²) in [6.07, 6.45) is 1.69. The zero-order chi connectivity index (χ0) is 26.3. The van der Waals surface area contributed by atoms with Gasteiger partial charge < -0.3 is 15.0 Å². The summed E-state index contributed by atoms with van der Waals surface area (Å²) in [5, 5.41) is 3.26. The van der Waals surface area contributed by atoms with Crippen LogP contribution in [0.3, 0.4) is 0 Å². The first-order valence-electron chi connectivity index (χ1n) is 11.0. The van der Waals surface area contributed by atoms with Crippen molar-refractivity contribution in [2.45, 2.75) is 45.8 Å². The number of anilines is 1. The quantitative estimate of drug-likeness (QED) is 0.460. The number of carbonyl (C=O) groups is 2. The molecule has 0 aliphatic rings. The number of rotatable bonds is 11. The van der Waals surface area contributed by atoms with E-state index in [0.29, 0.717) is 11.3 Å². The first kappa shape index (κ1) is 28.7. The lowest BCUT2D eigenvalue weighted by molar-refractivity contribution is -0.139. The normalized spacial score (nSPS) is 13.0. The van der Waals surface area contributed by atoms with E-state index in [0.717, 1.165) is 17.0 Å². The van der Waals surface area contributed by atoms with Gasteiger partial charge in [0.1, 0.15) is 18.3 Å². The molecule has 0 spiro atoms. The molecular weight excluding hydrogens is 513 g/mol. The second-order valence-electron chi connectivity index (χ2n) is 8.23. The molecule has 192 valence electrons. The topological polar surface area (TPSA) is 96.0 Å².